The fourth-order valence-corrected chi connectivity index (χ4v) is 3.91. The van der Waals surface area contributed by atoms with Crippen LogP contribution < -0.4 is 5.32 Å². The molecule has 1 unspecified atom stereocenters. The van der Waals surface area contributed by atoms with Crippen LogP contribution in [0, 0.1) is 0 Å². The standard InChI is InChI=1S/C17H35N3/c1-3-20-13-8-11-17(20)15-19(2)14-12-18-16-9-6-4-5-7-10-16/h16-18H,3-15H2,1-2H3. The Morgan fingerprint density at radius 1 is 1.05 bits per heavy atom. The molecule has 1 atom stereocenters. The number of rotatable bonds is 7. The van der Waals surface area contributed by atoms with Crippen LogP contribution in [0.4, 0.5) is 0 Å². The fourth-order valence-electron chi connectivity index (χ4n) is 3.91. The van der Waals surface area contributed by atoms with Gasteiger partial charge in [-0.05, 0) is 45.8 Å². The van der Waals surface area contributed by atoms with Gasteiger partial charge in [-0.3, -0.25) is 4.90 Å². The van der Waals surface area contributed by atoms with Gasteiger partial charge in [0.25, 0.3) is 0 Å². The summed E-state index contributed by atoms with van der Waals surface area (Å²) in [7, 11) is 2.29. The third-order valence-corrected chi connectivity index (χ3v) is 5.21. The van der Waals surface area contributed by atoms with Crippen LogP contribution in [-0.4, -0.2) is 61.7 Å². The van der Waals surface area contributed by atoms with Crippen LogP contribution in [0.3, 0.4) is 0 Å². The van der Waals surface area contributed by atoms with E-state index < -0.39 is 0 Å². The predicted octanol–water partition coefficient (Wildman–Crippen LogP) is 2.71. The molecule has 118 valence electrons. The molecule has 2 rings (SSSR count). The second-order valence-electron chi connectivity index (χ2n) is 6.83. The van der Waals surface area contributed by atoms with Gasteiger partial charge in [-0.1, -0.05) is 32.6 Å². The molecule has 1 N–H and O–H groups in total. The van der Waals surface area contributed by atoms with E-state index in [1.165, 1.54) is 84.1 Å². The van der Waals surface area contributed by atoms with E-state index in [1.807, 2.05) is 0 Å². The zero-order chi connectivity index (χ0) is 14.2. The minimum atomic E-state index is 0.796. The second kappa shape index (κ2) is 9.01. The molecule has 1 saturated carbocycles. The quantitative estimate of drug-likeness (QED) is 0.724. The molecule has 2 aliphatic rings. The van der Waals surface area contributed by atoms with Gasteiger partial charge in [-0.25, -0.2) is 0 Å². The minimum Gasteiger partial charge on any atom is -0.313 e. The first-order valence-corrected chi connectivity index (χ1v) is 8.95. The van der Waals surface area contributed by atoms with E-state index in [-0.39, 0.29) is 0 Å². The van der Waals surface area contributed by atoms with Crippen molar-refractivity contribution in [3.05, 3.63) is 0 Å². The normalized spacial score (nSPS) is 26.2. The summed E-state index contributed by atoms with van der Waals surface area (Å²) >= 11 is 0. The molecule has 1 aliphatic carbocycles. The zero-order valence-electron chi connectivity index (χ0n) is 13.7. The van der Waals surface area contributed by atoms with E-state index in [9.17, 15) is 0 Å². The summed E-state index contributed by atoms with van der Waals surface area (Å²) in [5.41, 5.74) is 0. The van der Waals surface area contributed by atoms with E-state index in [2.05, 4.69) is 29.1 Å². The average Bonchev–Trinajstić information content (AvgIpc) is 2.72. The highest BCUT2D eigenvalue weighted by Gasteiger charge is 2.23. The summed E-state index contributed by atoms with van der Waals surface area (Å²) in [6.07, 6.45) is 11.4. The molecule has 0 radical (unpaired) electrons. The Morgan fingerprint density at radius 3 is 2.50 bits per heavy atom. The Balaban J connectivity index is 1.58. The van der Waals surface area contributed by atoms with Crippen molar-refractivity contribution >= 4 is 0 Å². The molecule has 0 amide bonds. The molecule has 0 bridgehead atoms. The molecule has 1 heterocycles. The van der Waals surface area contributed by atoms with Crippen LogP contribution in [0.2, 0.25) is 0 Å². The molecule has 1 aliphatic heterocycles. The second-order valence-corrected chi connectivity index (χ2v) is 6.83. The van der Waals surface area contributed by atoms with Gasteiger partial charge < -0.3 is 10.2 Å². The number of likely N-dealkylation sites (N-methyl/N-ethyl adjacent to an activating group) is 2. The van der Waals surface area contributed by atoms with Gasteiger partial charge in [-0.2, -0.15) is 0 Å². The number of hydrogen-bond acceptors (Lipinski definition) is 3. The summed E-state index contributed by atoms with van der Waals surface area (Å²) in [6.45, 7) is 8.45. The average molecular weight is 281 g/mol. The first-order valence-electron chi connectivity index (χ1n) is 8.95. The molecule has 0 spiro atoms. The molecule has 2 fully saturated rings. The van der Waals surface area contributed by atoms with Crippen molar-refractivity contribution in [2.24, 2.45) is 0 Å². The zero-order valence-corrected chi connectivity index (χ0v) is 13.7. The van der Waals surface area contributed by atoms with Crippen LogP contribution in [0.5, 0.6) is 0 Å². The molecule has 3 heteroatoms. The van der Waals surface area contributed by atoms with E-state index >= 15 is 0 Å². The summed E-state index contributed by atoms with van der Waals surface area (Å²) in [6, 6.07) is 1.60. The van der Waals surface area contributed by atoms with Crippen LogP contribution in [0.15, 0.2) is 0 Å². The van der Waals surface area contributed by atoms with Gasteiger partial charge in [0.15, 0.2) is 0 Å². The largest absolute Gasteiger partial charge is 0.313 e. The number of likely N-dealkylation sites (tertiary alicyclic amines) is 1. The Kier molecular flexibility index (Phi) is 7.32. The van der Waals surface area contributed by atoms with Crippen molar-refractivity contribution in [1.82, 2.24) is 15.1 Å². The maximum Gasteiger partial charge on any atom is 0.0223 e. The van der Waals surface area contributed by atoms with Crippen LogP contribution in [0.25, 0.3) is 0 Å². The lowest BCUT2D eigenvalue weighted by Gasteiger charge is -2.28. The van der Waals surface area contributed by atoms with Crippen LogP contribution in [-0.2, 0) is 0 Å². The van der Waals surface area contributed by atoms with Crippen molar-refractivity contribution in [3.63, 3.8) is 0 Å². The summed E-state index contributed by atoms with van der Waals surface area (Å²) in [4.78, 5) is 5.18. The topological polar surface area (TPSA) is 18.5 Å². The Morgan fingerprint density at radius 2 is 1.80 bits per heavy atom. The fraction of sp³-hybridized carbons (Fsp3) is 1.00. The van der Waals surface area contributed by atoms with Gasteiger partial charge in [0.05, 0.1) is 0 Å². The third-order valence-electron chi connectivity index (χ3n) is 5.21. The molecular formula is C17H35N3. The molecule has 0 aromatic carbocycles. The van der Waals surface area contributed by atoms with Gasteiger partial charge in [0.1, 0.15) is 0 Å². The maximum absolute atomic E-state index is 3.79. The summed E-state index contributed by atoms with van der Waals surface area (Å²) in [5.74, 6) is 0. The maximum atomic E-state index is 3.79. The third kappa shape index (κ3) is 5.34. The Hall–Kier alpha value is -0.120. The van der Waals surface area contributed by atoms with Crippen molar-refractivity contribution in [2.75, 3.05) is 39.8 Å². The van der Waals surface area contributed by atoms with Crippen LogP contribution in [0.1, 0.15) is 58.3 Å². The first kappa shape index (κ1) is 16.3. The van der Waals surface area contributed by atoms with Gasteiger partial charge in [0, 0.05) is 31.7 Å². The summed E-state index contributed by atoms with van der Waals surface area (Å²) < 4.78 is 0. The molecule has 20 heavy (non-hydrogen) atoms. The first-order chi connectivity index (χ1) is 9.79. The van der Waals surface area contributed by atoms with Crippen molar-refractivity contribution in [1.29, 1.82) is 0 Å². The lowest BCUT2D eigenvalue weighted by molar-refractivity contribution is 0.197. The predicted molar refractivity (Wildman–Crippen MR) is 87.3 cm³/mol. The van der Waals surface area contributed by atoms with E-state index in [0.29, 0.717) is 0 Å². The smallest absolute Gasteiger partial charge is 0.0223 e. The highest BCUT2D eigenvalue weighted by atomic mass is 15.2. The highest BCUT2D eigenvalue weighted by Crippen LogP contribution is 2.18. The molecular weight excluding hydrogens is 246 g/mol. The Bertz CT molecular complexity index is 249. The molecule has 0 aromatic heterocycles. The monoisotopic (exact) mass is 281 g/mol. The molecule has 1 saturated heterocycles. The number of hydrogen-bond donors (Lipinski definition) is 1. The number of nitrogens with one attached hydrogen (secondary N) is 1. The van der Waals surface area contributed by atoms with Gasteiger partial charge in [-0.15, -0.1) is 0 Å². The number of nitrogens with zero attached hydrogens (tertiary/aromatic N) is 2. The highest BCUT2D eigenvalue weighted by molar-refractivity contribution is 4.81. The van der Waals surface area contributed by atoms with Gasteiger partial charge >= 0.3 is 0 Å². The van der Waals surface area contributed by atoms with E-state index in [0.717, 1.165) is 12.1 Å². The SMILES string of the molecule is CCN1CCCC1CN(C)CCNC1CCCCCC1. The van der Waals surface area contributed by atoms with Crippen LogP contribution >= 0.6 is 0 Å². The molecule has 0 aromatic rings. The van der Waals surface area contributed by atoms with E-state index in [4.69, 9.17) is 0 Å². The summed E-state index contributed by atoms with van der Waals surface area (Å²) in [5, 5.41) is 3.79. The van der Waals surface area contributed by atoms with Gasteiger partial charge in [0.2, 0.25) is 0 Å². The van der Waals surface area contributed by atoms with Crippen molar-refractivity contribution in [3.8, 4) is 0 Å². The van der Waals surface area contributed by atoms with E-state index in [1.54, 1.807) is 0 Å². The molecule has 3 nitrogen and oxygen atoms in total. The lowest BCUT2D eigenvalue weighted by atomic mass is 10.1. The van der Waals surface area contributed by atoms with Crippen molar-refractivity contribution < 1.29 is 0 Å². The van der Waals surface area contributed by atoms with Crippen molar-refractivity contribution in [2.45, 2.75) is 70.4 Å². The lowest BCUT2D eigenvalue weighted by Crippen LogP contribution is -2.42. The minimum absolute atomic E-state index is 0.796. The Labute approximate surface area is 126 Å².